The van der Waals surface area contributed by atoms with Crippen molar-refractivity contribution < 1.29 is 14.3 Å². The van der Waals surface area contributed by atoms with Gasteiger partial charge in [0.1, 0.15) is 11.8 Å². The summed E-state index contributed by atoms with van der Waals surface area (Å²) in [5.41, 5.74) is 0.878. The van der Waals surface area contributed by atoms with Crippen LogP contribution in [0.1, 0.15) is 22.5 Å². The third kappa shape index (κ3) is 2.78. The van der Waals surface area contributed by atoms with Crippen molar-refractivity contribution in [3.8, 4) is 6.07 Å². The summed E-state index contributed by atoms with van der Waals surface area (Å²) in [6, 6.07) is 3.57. The fraction of sp³-hybridized carbons (Fsp3) is 0.538. The van der Waals surface area contributed by atoms with Gasteiger partial charge in [0.2, 0.25) is 0 Å². The first-order valence-corrected chi connectivity index (χ1v) is 6.10. The molecule has 0 unspecified atom stereocenters. The third-order valence-corrected chi connectivity index (χ3v) is 3.37. The largest absolute Gasteiger partial charge is 0.383 e. The molecule has 2 atom stereocenters. The molecule has 0 aromatic carbocycles. The summed E-state index contributed by atoms with van der Waals surface area (Å²) in [5, 5.41) is 8.78. The smallest absolute Gasteiger partial charge is 0.270 e. The number of hydrogen-bond acceptors (Lipinski definition) is 4. The number of likely N-dealkylation sites (tertiary alicyclic amines) is 1. The predicted octanol–water partition coefficient (Wildman–Crippen LogP) is 0.762. The maximum atomic E-state index is 12.4. The number of nitrogens with one attached hydrogen (secondary N) is 1. The molecule has 2 rings (SSSR count). The molecule has 102 valence electrons. The summed E-state index contributed by atoms with van der Waals surface area (Å²) in [6.45, 7) is 1.03. The van der Waals surface area contributed by atoms with Gasteiger partial charge in [-0.25, -0.2) is 0 Å². The number of nitrogens with zero attached hydrogens (tertiary/aromatic N) is 2. The van der Waals surface area contributed by atoms with Crippen molar-refractivity contribution >= 4 is 5.91 Å². The number of aromatic amines is 1. The van der Waals surface area contributed by atoms with Crippen LogP contribution in [0, 0.1) is 11.3 Å². The van der Waals surface area contributed by atoms with E-state index in [1.165, 1.54) is 6.20 Å². The lowest BCUT2D eigenvalue weighted by Crippen LogP contribution is -2.38. The van der Waals surface area contributed by atoms with E-state index in [0.717, 1.165) is 6.42 Å². The van der Waals surface area contributed by atoms with Gasteiger partial charge in [0.05, 0.1) is 24.3 Å². The zero-order valence-electron chi connectivity index (χ0n) is 11.0. The lowest BCUT2D eigenvalue weighted by molar-refractivity contribution is 0.0607. The molecule has 2 heterocycles. The number of hydrogen-bond donors (Lipinski definition) is 1. The fourth-order valence-electron chi connectivity index (χ4n) is 2.38. The zero-order valence-corrected chi connectivity index (χ0v) is 11.0. The van der Waals surface area contributed by atoms with E-state index < -0.39 is 0 Å². The van der Waals surface area contributed by atoms with Crippen LogP contribution in [-0.2, 0) is 9.47 Å². The molecule has 6 heteroatoms. The highest BCUT2D eigenvalue weighted by molar-refractivity contribution is 5.93. The molecule has 0 bridgehead atoms. The topological polar surface area (TPSA) is 78.3 Å². The van der Waals surface area contributed by atoms with Crippen LogP contribution in [0.5, 0.6) is 0 Å². The van der Waals surface area contributed by atoms with E-state index in [0.29, 0.717) is 24.4 Å². The molecule has 0 spiro atoms. The molecule has 1 aliphatic rings. The average molecular weight is 263 g/mol. The van der Waals surface area contributed by atoms with Crippen molar-refractivity contribution in [2.24, 2.45) is 0 Å². The van der Waals surface area contributed by atoms with E-state index in [4.69, 9.17) is 14.7 Å². The third-order valence-electron chi connectivity index (χ3n) is 3.37. The second-order valence-corrected chi connectivity index (χ2v) is 4.57. The van der Waals surface area contributed by atoms with Crippen LogP contribution in [0.3, 0.4) is 0 Å². The van der Waals surface area contributed by atoms with Crippen LogP contribution < -0.4 is 0 Å². The van der Waals surface area contributed by atoms with Crippen LogP contribution >= 0.6 is 0 Å². The van der Waals surface area contributed by atoms with Crippen molar-refractivity contribution in [1.29, 1.82) is 5.26 Å². The summed E-state index contributed by atoms with van der Waals surface area (Å²) >= 11 is 0. The number of amides is 1. The van der Waals surface area contributed by atoms with Crippen LogP contribution in [0.2, 0.25) is 0 Å². The number of ether oxygens (including phenoxy) is 2. The van der Waals surface area contributed by atoms with Crippen molar-refractivity contribution in [2.75, 3.05) is 27.4 Å². The molecule has 1 fully saturated rings. The Morgan fingerprint density at radius 1 is 1.63 bits per heavy atom. The minimum absolute atomic E-state index is 0.0104. The summed E-state index contributed by atoms with van der Waals surface area (Å²) in [4.78, 5) is 17.0. The van der Waals surface area contributed by atoms with E-state index in [-0.39, 0.29) is 18.1 Å². The number of methoxy groups -OCH3 is 2. The minimum atomic E-state index is -0.122. The first kappa shape index (κ1) is 13.6. The Balaban J connectivity index is 2.14. The van der Waals surface area contributed by atoms with Crippen molar-refractivity contribution in [3.63, 3.8) is 0 Å². The van der Waals surface area contributed by atoms with Gasteiger partial charge < -0.3 is 19.4 Å². The number of carbonyl (C=O) groups excluding carboxylic acids is 1. The SMILES string of the molecule is COC[C@@H]1C[C@H](OC)CN1C(=O)c1cc(C#N)c[nH]1. The highest BCUT2D eigenvalue weighted by atomic mass is 16.5. The molecule has 0 radical (unpaired) electrons. The second kappa shape index (κ2) is 5.87. The second-order valence-electron chi connectivity index (χ2n) is 4.57. The van der Waals surface area contributed by atoms with E-state index in [2.05, 4.69) is 4.98 Å². The van der Waals surface area contributed by atoms with Gasteiger partial charge >= 0.3 is 0 Å². The molecule has 0 saturated carbocycles. The van der Waals surface area contributed by atoms with Crippen molar-refractivity contribution in [3.05, 3.63) is 23.5 Å². The molecular weight excluding hydrogens is 246 g/mol. The minimum Gasteiger partial charge on any atom is -0.383 e. The molecule has 1 aromatic heterocycles. The van der Waals surface area contributed by atoms with Crippen LogP contribution in [0.15, 0.2) is 12.3 Å². The summed E-state index contributed by atoms with van der Waals surface area (Å²) in [5.74, 6) is -0.122. The standard InChI is InChI=1S/C13H17N3O3/c1-18-8-10-4-11(19-2)7-16(10)13(17)12-3-9(5-14)6-15-12/h3,6,10-11,15H,4,7-8H2,1-2H3/t10-,11-/m0/s1. The lowest BCUT2D eigenvalue weighted by atomic mass is 10.2. The average Bonchev–Trinajstić information content (AvgIpc) is 3.04. The molecule has 1 aromatic rings. The Hall–Kier alpha value is -1.84. The number of nitriles is 1. The number of H-pyrrole nitrogens is 1. The van der Waals surface area contributed by atoms with Crippen molar-refractivity contribution in [1.82, 2.24) is 9.88 Å². The van der Waals surface area contributed by atoms with Gasteiger partial charge in [0.25, 0.3) is 5.91 Å². The lowest BCUT2D eigenvalue weighted by Gasteiger charge is -2.23. The molecule has 6 nitrogen and oxygen atoms in total. The van der Waals surface area contributed by atoms with Gasteiger partial charge in [0, 0.05) is 27.0 Å². The van der Waals surface area contributed by atoms with Crippen LogP contribution in [-0.4, -0.2) is 55.3 Å². The molecule has 0 aliphatic carbocycles. The molecule has 1 N–H and O–H groups in total. The number of carbonyl (C=O) groups is 1. The monoisotopic (exact) mass is 263 g/mol. The summed E-state index contributed by atoms with van der Waals surface area (Å²) in [6.07, 6.45) is 2.33. The first-order valence-electron chi connectivity index (χ1n) is 6.10. The number of aromatic nitrogens is 1. The Labute approximate surface area is 111 Å². The molecule has 19 heavy (non-hydrogen) atoms. The molecule has 1 aliphatic heterocycles. The highest BCUT2D eigenvalue weighted by Crippen LogP contribution is 2.22. The summed E-state index contributed by atoms with van der Waals surface area (Å²) < 4.78 is 10.5. The quantitative estimate of drug-likeness (QED) is 0.870. The van der Waals surface area contributed by atoms with E-state index in [1.807, 2.05) is 6.07 Å². The van der Waals surface area contributed by atoms with Crippen molar-refractivity contribution in [2.45, 2.75) is 18.6 Å². The first-order chi connectivity index (χ1) is 9.19. The molecule has 1 saturated heterocycles. The maximum Gasteiger partial charge on any atom is 0.270 e. The van der Waals surface area contributed by atoms with Crippen LogP contribution in [0.4, 0.5) is 0 Å². The molecular formula is C13H17N3O3. The van der Waals surface area contributed by atoms with Gasteiger partial charge in [0.15, 0.2) is 0 Å². The van der Waals surface area contributed by atoms with E-state index in [9.17, 15) is 4.79 Å². The van der Waals surface area contributed by atoms with Gasteiger partial charge in [-0.3, -0.25) is 4.79 Å². The Bertz CT molecular complexity index is 492. The van der Waals surface area contributed by atoms with Crippen LogP contribution in [0.25, 0.3) is 0 Å². The number of rotatable bonds is 4. The normalized spacial score (nSPS) is 22.5. The van der Waals surface area contributed by atoms with Gasteiger partial charge in [-0.1, -0.05) is 0 Å². The Kier molecular flexibility index (Phi) is 4.20. The predicted molar refractivity (Wildman–Crippen MR) is 67.6 cm³/mol. The van der Waals surface area contributed by atoms with E-state index >= 15 is 0 Å². The van der Waals surface area contributed by atoms with Gasteiger partial charge in [-0.2, -0.15) is 5.26 Å². The Morgan fingerprint density at radius 2 is 2.42 bits per heavy atom. The fourth-order valence-corrected chi connectivity index (χ4v) is 2.38. The van der Waals surface area contributed by atoms with Gasteiger partial charge in [-0.15, -0.1) is 0 Å². The molecule has 1 amide bonds. The Morgan fingerprint density at radius 3 is 3.00 bits per heavy atom. The summed E-state index contributed by atoms with van der Waals surface area (Å²) in [7, 11) is 3.26. The zero-order chi connectivity index (χ0) is 13.8. The van der Waals surface area contributed by atoms with Gasteiger partial charge in [-0.05, 0) is 12.5 Å². The highest BCUT2D eigenvalue weighted by Gasteiger charge is 2.36. The van der Waals surface area contributed by atoms with E-state index in [1.54, 1.807) is 25.2 Å². The maximum absolute atomic E-state index is 12.4.